The first kappa shape index (κ1) is 14.2. The number of carbonyl (C=O) groups is 2. The van der Waals surface area contributed by atoms with E-state index in [1.54, 1.807) is 16.7 Å². The van der Waals surface area contributed by atoms with Gasteiger partial charge in [-0.25, -0.2) is 0 Å². The van der Waals surface area contributed by atoms with Gasteiger partial charge in [-0.1, -0.05) is 24.3 Å². The van der Waals surface area contributed by atoms with Crippen molar-refractivity contribution < 1.29 is 14.7 Å². The van der Waals surface area contributed by atoms with E-state index in [-0.39, 0.29) is 5.91 Å². The highest BCUT2D eigenvalue weighted by atomic mass is 32.2. The average Bonchev–Trinajstić information content (AvgIpc) is 2.53. The van der Waals surface area contributed by atoms with E-state index in [9.17, 15) is 14.7 Å². The lowest BCUT2D eigenvalue weighted by Crippen LogP contribution is -2.44. The van der Waals surface area contributed by atoms with Gasteiger partial charge in [0.05, 0.1) is 17.5 Å². The molecule has 1 aromatic rings. The molecule has 1 aromatic carbocycles. The van der Waals surface area contributed by atoms with Crippen molar-refractivity contribution in [1.29, 1.82) is 0 Å². The zero-order valence-corrected chi connectivity index (χ0v) is 12.4. The lowest BCUT2D eigenvalue weighted by Gasteiger charge is -2.34. The Morgan fingerprint density at radius 1 is 1.14 bits per heavy atom. The Morgan fingerprint density at radius 3 is 2.62 bits per heavy atom. The second kappa shape index (κ2) is 5.93. The SMILES string of the molecule is O=C(O)[C@H]1CC=CC[C@H]1C(=O)N1CCSc2ccccc21. The molecule has 2 atom stereocenters. The number of allylic oxidation sites excluding steroid dienone is 2. The van der Waals surface area contributed by atoms with Crippen LogP contribution in [0.4, 0.5) is 5.69 Å². The molecular formula is C16H17NO3S. The summed E-state index contributed by atoms with van der Waals surface area (Å²) in [6.07, 6.45) is 4.74. The summed E-state index contributed by atoms with van der Waals surface area (Å²) in [5.41, 5.74) is 0.914. The van der Waals surface area contributed by atoms with Crippen LogP contribution in [0.3, 0.4) is 0 Å². The molecule has 5 heteroatoms. The van der Waals surface area contributed by atoms with Crippen LogP contribution >= 0.6 is 11.8 Å². The Balaban J connectivity index is 1.89. The molecule has 1 heterocycles. The number of carbonyl (C=O) groups excluding carboxylic acids is 1. The fourth-order valence-corrected chi connectivity index (χ4v) is 3.95. The second-order valence-corrected chi connectivity index (χ2v) is 6.44. The third-order valence-corrected chi connectivity index (χ3v) is 5.10. The molecule has 0 saturated carbocycles. The van der Waals surface area contributed by atoms with Gasteiger partial charge in [-0.2, -0.15) is 0 Å². The Kier molecular flexibility index (Phi) is 4.01. The fourth-order valence-electron chi connectivity index (χ4n) is 2.96. The number of rotatable bonds is 2. The van der Waals surface area contributed by atoms with E-state index in [0.29, 0.717) is 19.4 Å². The van der Waals surface area contributed by atoms with Crippen molar-refractivity contribution >= 4 is 29.3 Å². The van der Waals surface area contributed by atoms with E-state index in [1.807, 2.05) is 36.4 Å². The van der Waals surface area contributed by atoms with Crippen LogP contribution in [-0.2, 0) is 9.59 Å². The molecule has 1 amide bonds. The minimum atomic E-state index is -0.877. The zero-order chi connectivity index (χ0) is 14.8. The number of anilines is 1. The van der Waals surface area contributed by atoms with Crippen LogP contribution in [0.25, 0.3) is 0 Å². The van der Waals surface area contributed by atoms with Gasteiger partial charge in [-0.05, 0) is 25.0 Å². The van der Waals surface area contributed by atoms with Crippen molar-refractivity contribution in [2.24, 2.45) is 11.8 Å². The summed E-state index contributed by atoms with van der Waals surface area (Å²) in [7, 11) is 0. The number of hydrogen-bond donors (Lipinski definition) is 1. The first-order valence-corrected chi connectivity index (χ1v) is 8.08. The van der Waals surface area contributed by atoms with Crippen LogP contribution in [-0.4, -0.2) is 29.3 Å². The molecule has 21 heavy (non-hydrogen) atoms. The normalized spacial score (nSPS) is 24.5. The van der Waals surface area contributed by atoms with Crippen molar-refractivity contribution in [1.82, 2.24) is 0 Å². The number of carboxylic acid groups (broad SMARTS) is 1. The number of amides is 1. The molecule has 0 aromatic heterocycles. The highest BCUT2D eigenvalue weighted by Gasteiger charge is 2.37. The van der Waals surface area contributed by atoms with Gasteiger partial charge in [0.15, 0.2) is 0 Å². The molecule has 0 bridgehead atoms. The number of nitrogens with zero attached hydrogens (tertiary/aromatic N) is 1. The van der Waals surface area contributed by atoms with Gasteiger partial charge in [-0.3, -0.25) is 9.59 Å². The maximum atomic E-state index is 12.9. The van der Waals surface area contributed by atoms with Crippen LogP contribution in [0, 0.1) is 11.8 Å². The van der Waals surface area contributed by atoms with Crippen molar-refractivity contribution in [3.05, 3.63) is 36.4 Å². The van der Waals surface area contributed by atoms with Crippen molar-refractivity contribution in [2.75, 3.05) is 17.2 Å². The molecule has 1 aliphatic heterocycles. The summed E-state index contributed by atoms with van der Waals surface area (Å²) < 4.78 is 0. The topological polar surface area (TPSA) is 57.6 Å². The molecule has 1 aliphatic carbocycles. The van der Waals surface area contributed by atoms with Gasteiger partial charge in [-0.15, -0.1) is 11.8 Å². The van der Waals surface area contributed by atoms with Crippen LogP contribution in [0.1, 0.15) is 12.8 Å². The predicted molar refractivity (Wildman–Crippen MR) is 82.5 cm³/mol. The molecule has 0 saturated heterocycles. The summed E-state index contributed by atoms with van der Waals surface area (Å²) in [4.78, 5) is 27.1. The molecule has 0 unspecified atom stereocenters. The Labute approximate surface area is 127 Å². The number of hydrogen-bond acceptors (Lipinski definition) is 3. The summed E-state index contributed by atoms with van der Waals surface area (Å²) in [5, 5.41) is 9.34. The van der Waals surface area contributed by atoms with Crippen molar-refractivity contribution in [3.63, 3.8) is 0 Å². The summed E-state index contributed by atoms with van der Waals surface area (Å²) in [5.74, 6) is -1.15. The first-order chi connectivity index (χ1) is 10.2. The summed E-state index contributed by atoms with van der Waals surface area (Å²) in [6.45, 7) is 0.646. The first-order valence-electron chi connectivity index (χ1n) is 7.09. The van der Waals surface area contributed by atoms with Crippen LogP contribution < -0.4 is 4.90 Å². The van der Waals surface area contributed by atoms with E-state index in [1.165, 1.54) is 0 Å². The number of para-hydroxylation sites is 1. The van der Waals surface area contributed by atoms with Crippen molar-refractivity contribution in [2.45, 2.75) is 17.7 Å². The molecular weight excluding hydrogens is 286 g/mol. The summed E-state index contributed by atoms with van der Waals surface area (Å²) in [6, 6.07) is 7.83. The predicted octanol–water partition coefficient (Wildman–Crippen LogP) is 2.79. The largest absolute Gasteiger partial charge is 0.481 e. The highest BCUT2D eigenvalue weighted by molar-refractivity contribution is 7.99. The van der Waals surface area contributed by atoms with Gasteiger partial charge < -0.3 is 10.0 Å². The van der Waals surface area contributed by atoms with Gasteiger partial charge >= 0.3 is 5.97 Å². The summed E-state index contributed by atoms with van der Waals surface area (Å²) >= 11 is 1.74. The highest BCUT2D eigenvalue weighted by Crippen LogP contribution is 2.37. The standard InChI is InChI=1S/C16H17NO3S/c18-15(11-5-1-2-6-12(11)16(19)20)17-9-10-21-14-8-4-3-7-13(14)17/h1-4,7-8,11-12H,5-6,9-10H2,(H,19,20)/t11-,12+/m1/s1. The lowest BCUT2D eigenvalue weighted by atomic mass is 9.82. The van der Waals surface area contributed by atoms with Crippen molar-refractivity contribution in [3.8, 4) is 0 Å². The number of thioether (sulfide) groups is 1. The molecule has 0 spiro atoms. The number of fused-ring (bicyclic) bond motifs is 1. The van der Waals surface area contributed by atoms with Crippen LogP contribution in [0.2, 0.25) is 0 Å². The van der Waals surface area contributed by atoms with Gasteiger partial charge in [0, 0.05) is 17.2 Å². The van der Waals surface area contributed by atoms with Gasteiger partial charge in [0.25, 0.3) is 0 Å². The van der Waals surface area contributed by atoms with E-state index in [0.717, 1.165) is 16.3 Å². The fraction of sp³-hybridized carbons (Fsp3) is 0.375. The van der Waals surface area contributed by atoms with Gasteiger partial charge in [0.1, 0.15) is 0 Å². The van der Waals surface area contributed by atoms with Crippen LogP contribution in [0.15, 0.2) is 41.3 Å². The molecule has 0 fully saturated rings. The molecule has 4 nitrogen and oxygen atoms in total. The molecule has 2 aliphatic rings. The Morgan fingerprint density at radius 2 is 1.86 bits per heavy atom. The maximum absolute atomic E-state index is 12.9. The van der Waals surface area contributed by atoms with E-state index < -0.39 is 17.8 Å². The Hall–Kier alpha value is -1.75. The molecule has 110 valence electrons. The zero-order valence-electron chi connectivity index (χ0n) is 11.6. The maximum Gasteiger partial charge on any atom is 0.307 e. The smallest absolute Gasteiger partial charge is 0.307 e. The number of aliphatic carboxylic acids is 1. The third kappa shape index (κ3) is 2.70. The quantitative estimate of drug-likeness (QED) is 0.854. The molecule has 1 N–H and O–H groups in total. The van der Waals surface area contributed by atoms with Gasteiger partial charge in [0.2, 0.25) is 5.91 Å². The second-order valence-electron chi connectivity index (χ2n) is 5.30. The monoisotopic (exact) mass is 303 g/mol. The van der Waals surface area contributed by atoms with E-state index in [2.05, 4.69) is 0 Å². The number of benzene rings is 1. The Bertz CT molecular complexity index is 599. The lowest BCUT2D eigenvalue weighted by molar-refractivity contribution is -0.146. The minimum Gasteiger partial charge on any atom is -0.481 e. The van der Waals surface area contributed by atoms with E-state index in [4.69, 9.17) is 0 Å². The number of carboxylic acids is 1. The minimum absolute atomic E-state index is 0.0560. The molecule has 0 radical (unpaired) electrons. The third-order valence-electron chi connectivity index (χ3n) is 4.06. The van der Waals surface area contributed by atoms with E-state index >= 15 is 0 Å². The van der Waals surface area contributed by atoms with Crippen LogP contribution in [0.5, 0.6) is 0 Å². The average molecular weight is 303 g/mol. The molecule has 3 rings (SSSR count).